The Bertz CT molecular complexity index is 1170. The van der Waals surface area contributed by atoms with Gasteiger partial charge in [0, 0.05) is 55.1 Å². The van der Waals surface area contributed by atoms with Crippen molar-refractivity contribution in [1.82, 2.24) is 4.98 Å². The molecule has 1 aromatic heterocycles. The third kappa shape index (κ3) is 4.24. The predicted molar refractivity (Wildman–Crippen MR) is 129 cm³/mol. The van der Waals surface area contributed by atoms with Gasteiger partial charge in [-0.3, -0.25) is 4.72 Å². The lowest BCUT2D eigenvalue weighted by atomic mass is 9.99. The first kappa shape index (κ1) is 20.6. The van der Waals surface area contributed by atoms with Crippen molar-refractivity contribution in [1.29, 1.82) is 0 Å². The zero-order valence-electron chi connectivity index (χ0n) is 16.9. The van der Waals surface area contributed by atoms with Crippen LogP contribution in [0.1, 0.15) is 19.8 Å². The highest BCUT2D eigenvalue weighted by Gasteiger charge is 2.31. The first-order valence-corrected chi connectivity index (χ1v) is 13.1. The molecule has 1 N–H and O–H groups in total. The van der Waals surface area contributed by atoms with Gasteiger partial charge in [0.05, 0.1) is 4.90 Å². The van der Waals surface area contributed by atoms with Crippen LogP contribution in [-0.4, -0.2) is 39.1 Å². The molecule has 1 fully saturated rings. The number of anilines is 3. The Balaban J connectivity index is 0.00000245. The van der Waals surface area contributed by atoms with E-state index in [0.717, 1.165) is 49.6 Å². The Morgan fingerprint density at radius 3 is 2.77 bits per heavy atom. The Morgan fingerprint density at radius 2 is 2.00 bits per heavy atom. The van der Waals surface area contributed by atoms with Crippen LogP contribution in [0.3, 0.4) is 0 Å². The summed E-state index contributed by atoms with van der Waals surface area (Å²) in [7, 11) is -3.63. The Kier molecular flexibility index (Phi) is 5.54. The normalized spacial score (nSPS) is 18.8. The zero-order chi connectivity index (χ0) is 21.4. The van der Waals surface area contributed by atoms with E-state index in [1.807, 2.05) is 18.2 Å². The van der Waals surface area contributed by atoms with Gasteiger partial charge in [-0.2, -0.15) is 0 Å². The first-order chi connectivity index (χ1) is 15.0. The van der Waals surface area contributed by atoms with Crippen LogP contribution in [0.2, 0.25) is 5.02 Å². The molecule has 2 aromatic carbocycles. The summed E-state index contributed by atoms with van der Waals surface area (Å²) in [6.07, 6.45) is 4.87. The van der Waals surface area contributed by atoms with Gasteiger partial charge in [-0.05, 0) is 67.3 Å². The van der Waals surface area contributed by atoms with Gasteiger partial charge in [0.25, 0.3) is 10.0 Å². The lowest BCUT2D eigenvalue weighted by Crippen LogP contribution is -2.41. The number of aromatic nitrogens is 1. The molecule has 1 saturated heterocycles. The SMILES string of the molecule is O=S(=O)(Nc1nccs1)c1ccc(N2CC[C@H](N3CCCc4cc(Cl)ccc43)C2)cc1.[HH]. The number of sulfonamides is 1. The minimum atomic E-state index is -3.63. The molecular weight excluding hydrogens is 452 g/mol. The number of halogens is 1. The molecular formula is C22H25ClN4O2S2. The third-order valence-corrected chi connectivity index (χ3v) is 8.37. The molecule has 2 aliphatic rings. The van der Waals surface area contributed by atoms with Crippen LogP contribution in [0.15, 0.2) is 58.9 Å². The highest BCUT2D eigenvalue weighted by Crippen LogP contribution is 2.34. The molecule has 2 aliphatic heterocycles. The zero-order valence-corrected chi connectivity index (χ0v) is 19.3. The molecule has 3 heterocycles. The van der Waals surface area contributed by atoms with Crippen molar-refractivity contribution < 1.29 is 9.84 Å². The van der Waals surface area contributed by atoms with E-state index < -0.39 is 10.0 Å². The van der Waals surface area contributed by atoms with Gasteiger partial charge < -0.3 is 9.80 Å². The standard InChI is InChI=1S/C22H23ClN4O2S2.H2/c23-17-3-8-21-16(14-17)2-1-11-27(21)19-9-12-26(15-19)18-4-6-20(7-5-18)31(28,29)25-22-24-10-13-30-22;/h3-8,10,13-14,19H,1-2,9,11-12,15H2,(H,24,25);1H/t19-;/m0./s1. The Hall–Kier alpha value is -2.29. The minimum Gasteiger partial charge on any atom is -0.369 e. The van der Waals surface area contributed by atoms with Crippen molar-refractivity contribution in [3.05, 3.63) is 64.6 Å². The molecule has 0 aliphatic carbocycles. The number of rotatable bonds is 5. The summed E-state index contributed by atoms with van der Waals surface area (Å²) in [6, 6.07) is 13.8. The number of hydrogen-bond acceptors (Lipinski definition) is 6. The largest absolute Gasteiger partial charge is 0.369 e. The number of nitrogens with zero attached hydrogens (tertiary/aromatic N) is 3. The maximum absolute atomic E-state index is 12.6. The first-order valence-electron chi connectivity index (χ1n) is 10.3. The maximum Gasteiger partial charge on any atom is 0.263 e. The van der Waals surface area contributed by atoms with Crippen LogP contribution >= 0.6 is 22.9 Å². The molecule has 0 radical (unpaired) electrons. The van der Waals surface area contributed by atoms with Crippen molar-refractivity contribution in [3.8, 4) is 0 Å². The minimum absolute atomic E-state index is 0. The van der Waals surface area contributed by atoms with Gasteiger partial charge >= 0.3 is 0 Å². The molecule has 31 heavy (non-hydrogen) atoms. The van der Waals surface area contributed by atoms with Crippen LogP contribution in [-0.2, 0) is 16.4 Å². The Morgan fingerprint density at radius 1 is 1.16 bits per heavy atom. The molecule has 0 saturated carbocycles. The van der Waals surface area contributed by atoms with E-state index >= 15 is 0 Å². The number of nitrogens with one attached hydrogen (secondary N) is 1. The van der Waals surface area contributed by atoms with Gasteiger partial charge in [-0.1, -0.05) is 11.6 Å². The summed E-state index contributed by atoms with van der Waals surface area (Å²) < 4.78 is 27.6. The molecule has 5 rings (SSSR count). The second-order valence-corrected chi connectivity index (χ2v) is 10.9. The van der Waals surface area contributed by atoms with Crippen molar-refractivity contribution in [2.75, 3.05) is 34.2 Å². The summed E-state index contributed by atoms with van der Waals surface area (Å²) in [4.78, 5) is 9.08. The van der Waals surface area contributed by atoms with Crippen LogP contribution < -0.4 is 14.5 Å². The molecule has 0 spiro atoms. The number of benzene rings is 2. The second kappa shape index (κ2) is 8.33. The molecule has 0 bridgehead atoms. The fraction of sp³-hybridized carbons (Fsp3) is 0.318. The van der Waals surface area contributed by atoms with Crippen LogP contribution in [0, 0.1) is 0 Å². The van der Waals surface area contributed by atoms with Crippen LogP contribution in [0.25, 0.3) is 0 Å². The Labute approximate surface area is 193 Å². The van der Waals surface area contributed by atoms with Crippen molar-refractivity contribution in [3.63, 3.8) is 0 Å². The third-order valence-electron chi connectivity index (χ3n) is 5.97. The molecule has 3 aromatic rings. The lowest BCUT2D eigenvalue weighted by Gasteiger charge is -2.36. The van der Waals surface area contributed by atoms with Gasteiger partial charge in [0.15, 0.2) is 5.13 Å². The fourth-order valence-corrected chi connectivity index (χ4v) is 6.47. The summed E-state index contributed by atoms with van der Waals surface area (Å²) >= 11 is 7.45. The number of thiazole rings is 1. The van der Waals surface area contributed by atoms with Gasteiger partial charge in [-0.25, -0.2) is 13.4 Å². The average molecular weight is 477 g/mol. The highest BCUT2D eigenvalue weighted by molar-refractivity contribution is 7.93. The maximum atomic E-state index is 12.6. The van der Waals surface area contributed by atoms with Gasteiger partial charge in [-0.15, -0.1) is 11.3 Å². The van der Waals surface area contributed by atoms with Gasteiger partial charge in [0.1, 0.15) is 0 Å². The summed E-state index contributed by atoms with van der Waals surface area (Å²) in [5.41, 5.74) is 3.68. The smallest absolute Gasteiger partial charge is 0.263 e. The fourth-order valence-electron chi connectivity index (χ4n) is 4.49. The van der Waals surface area contributed by atoms with Crippen LogP contribution in [0.5, 0.6) is 0 Å². The topological polar surface area (TPSA) is 65.5 Å². The van der Waals surface area contributed by atoms with E-state index in [1.165, 1.54) is 22.6 Å². The molecule has 0 amide bonds. The lowest BCUT2D eigenvalue weighted by molar-refractivity contribution is 0.595. The van der Waals surface area contributed by atoms with E-state index in [-0.39, 0.29) is 6.32 Å². The quantitative estimate of drug-likeness (QED) is 0.568. The monoisotopic (exact) mass is 476 g/mol. The van der Waals surface area contributed by atoms with Crippen LogP contribution in [0.4, 0.5) is 16.5 Å². The number of hydrogen-bond donors (Lipinski definition) is 1. The van der Waals surface area contributed by atoms with E-state index in [0.29, 0.717) is 11.2 Å². The highest BCUT2D eigenvalue weighted by atomic mass is 35.5. The van der Waals surface area contributed by atoms with Gasteiger partial charge in [0.2, 0.25) is 0 Å². The second-order valence-electron chi connectivity index (χ2n) is 7.90. The average Bonchev–Trinajstić information content (AvgIpc) is 3.45. The summed E-state index contributed by atoms with van der Waals surface area (Å²) in [5, 5.41) is 2.91. The van der Waals surface area contributed by atoms with Crippen molar-refractivity contribution in [2.45, 2.75) is 30.2 Å². The van der Waals surface area contributed by atoms with Crippen molar-refractivity contribution in [2.24, 2.45) is 0 Å². The predicted octanol–water partition coefficient (Wildman–Crippen LogP) is 4.87. The summed E-state index contributed by atoms with van der Waals surface area (Å²) in [5.74, 6) is 0. The van der Waals surface area contributed by atoms with E-state index in [9.17, 15) is 8.42 Å². The number of fused-ring (bicyclic) bond motifs is 1. The van der Waals surface area contributed by atoms with E-state index in [2.05, 4.69) is 31.6 Å². The molecule has 0 unspecified atom stereocenters. The molecule has 6 nitrogen and oxygen atoms in total. The van der Waals surface area contributed by atoms with Crippen molar-refractivity contribution >= 4 is 49.5 Å². The molecule has 164 valence electrons. The van der Waals surface area contributed by atoms with E-state index in [4.69, 9.17) is 11.6 Å². The molecule has 1 atom stereocenters. The summed E-state index contributed by atoms with van der Waals surface area (Å²) in [6.45, 7) is 2.94. The molecule has 9 heteroatoms. The number of aryl methyl sites for hydroxylation is 1. The van der Waals surface area contributed by atoms with E-state index in [1.54, 1.807) is 23.7 Å².